The Morgan fingerprint density at radius 2 is 1.85 bits per heavy atom. The highest BCUT2D eigenvalue weighted by Crippen LogP contribution is 2.16. The Kier molecular flexibility index (Phi) is 6.26. The Hall–Kier alpha value is -3.39. The quantitative estimate of drug-likeness (QED) is 0.440. The molecule has 0 aliphatic carbocycles. The molecule has 0 bridgehead atoms. The van der Waals surface area contributed by atoms with Crippen LogP contribution in [-0.2, 0) is 6.54 Å². The molecular weight excluding hydrogens is 418 g/mol. The third-order valence-corrected chi connectivity index (χ3v) is 6.33. The Labute approximate surface area is 191 Å². The van der Waals surface area contributed by atoms with Gasteiger partial charge in [-0.05, 0) is 75.3 Å². The summed E-state index contributed by atoms with van der Waals surface area (Å²) < 4.78 is 9.22. The minimum Gasteiger partial charge on any atom is -0.454 e. The predicted octanol–water partition coefficient (Wildman–Crippen LogP) is 3.29. The van der Waals surface area contributed by atoms with Gasteiger partial charge in [0.25, 0.3) is 11.5 Å². The van der Waals surface area contributed by atoms with Crippen molar-refractivity contribution in [3.8, 4) is 0 Å². The third-order valence-electron chi connectivity index (χ3n) is 6.33. The summed E-state index contributed by atoms with van der Waals surface area (Å²) in [5.41, 5.74) is 1.83. The highest BCUT2D eigenvalue weighted by atomic mass is 16.4. The lowest BCUT2D eigenvalue weighted by Gasteiger charge is -2.19. The number of hydrogen-bond acceptors (Lipinski definition) is 5. The maximum Gasteiger partial charge on any atom is 0.286 e. The Morgan fingerprint density at radius 3 is 2.70 bits per heavy atom. The number of hydrogen-bond donors (Lipinski definition) is 1. The van der Waals surface area contributed by atoms with E-state index in [0.717, 1.165) is 31.6 Å². The predicted molar refractivity (Wildman–Crippen MR) is 127 cm³/mol. The van der Waals surface area contributed by atoms with Crippen LogP contribution in [0.4, 0.5) is 0 Å². The summed E-state index contributed by atoms with van der Waals surface area (Å²) in [6.45, 7) is 4.15. The molecule has 0 atom stereocenters. The molecule has 5 rings (SSSR count). The number of likely N-dealkylation sites (tertiary alicyclic amines) is 1. The zero-order valence-corrected chi connectivity index (χ0v) is 18.7. The van der Waals surface area contributed by atoms with Gasteiger partial charge < -0.3 is 19.0 Å². The summed E-state index contributed by atoms with van der Waals surface area (Å²) in [7, 11) is 0. The summed E-state index contributed by atoms with van der Waals surface area (Å²) >= 11 is 0. The van der Waals surface area contributed by atoms with Crippen LogP contribution in [0.3, 0.4) is 0 Å². The van der Waals surface area contributed by atoms with Crippen LogP contribution in [0, 0.1) is 0 Å². The fourth-order valence-corrected chi connectivity index (χ4v) is 4.62. The molecule has 33 heavy (non-hydrogen) atoms. The van der Waals surface area contributed by atoms with E-state index in [1.165, 1.54) is 25.7 Å². The average Bonchev–Trinajstić information content (AvgIpc) is 3.44. The smallest absolute Gasteiger partial charge is 0.286 e. The molecule has 5 heterocycles. The highest BCUT2D eigenvalue weighted by Gasteiger charge is 2.16. The van der Waals surface area contributed by atoms with E-state index in [0.29, 0.717) is 23.5 Å². The molecule has 0 radical (unpaired) electrons. The third kappa shape index (κ3) is 4.57. The van der Waals surface area contributed by atoms with Crippen molar-refractivity contribution in [3.63, 3.8) is 0 Å². The van der Waals surface area contributed by atoms with Gasteiger partial charge in [-0.3, -0.25) is 14.2 Å². The number of pyridine rings is 1. The van der Waals surface area contributed by atoms with Crippen molar-refractivity contribution < 1.29 is 9.21 Å². The van der Waals surface area contributed by atoms with E-state index < -0.39 is 0 Å². The Morgan fingerprint density at radius 1 is 1.03 bits per heavy atom. The van der Waals surface area contributed by atoms with E-state index in [1.54, 1.807) is 29.0 Å². The van der Waals surface area contributed by atoms with Gasteiger partial charge in [0.05, 0.1) is 12.1 Å². The highest BCUT2D eigenvalue weighted by molar-refractivity contribution is 5.91. The maximum absolute atomic E-state index is 13.1. The molecule has 0 spiro atoms. The fraction of sp³-hybridized carbons (Fsp3) is 0.400. The van der Waals surface area contributed by atoms with Crippen LogP contribution in [-0.4, -0.2) is 50.9 Å². The first-order valence-electron chi connectivity index (χ1n) is 11.7. The molecule has 8 nitrogen and oxygen atoms in total. The molecule has 1 amide bonds. The average molecular weight is 448 g/mol. The first-order chi connectivity index (χ1) is 16.2. The largest absolute Gasteiger partial charge is 0.454 e. The van der Waals surface area contributed by atoms with E-state index in [9.17, 15) is 9.59 Å². The lowest BCUT2D eigenvalue weighted by molar-refractivity contribution is 0.0922. The van der Waals surface area contributed by atoms with Gasteiger partial charge >= 0.3 is 0 Å². The van der Waals surface area contributed by atoms with Crippen molar-refractivity contribution in [2.75, 3.05) is 26.2 Å². The van der Waals surface area contributed by atoms with E-state index in [2.05, 4.69) is 15.2 Å². The molecule has 4 aromatic rings. The van der Waals surface area contributed by atoms with Gasteiger partial charge in [-0.2, -0.15) is 0 Å². The summed E-state index contributed by atoms with van der Waals surface area (Å²) in [5, 5.41) is 2.95. The number of rotatable bonds is 7. The first kappa shape index (κ1) is 21.5. The molecule has 0 aromatic carbocycles. The topological polar surface area (TPSA) is 84.8 Å². The van der Waals surface area contributed by atoms with Gasteiger partial charge in [0.2, 0.25) is 0 Å². The molecule has 4 aromatic heterocycles. The lowest BCUT2D eigenvalue weighted by atomic mass is 10.2. The second-order valence-electron chi connectivity index (χ2n) is 8.63. The number of furan rings is 1. The molecule has 0 saturated carbocycles. The normalized spacial score (nSPS) is 15.2. The number of nitrogens with zero attached hydrogens (tertiary/aromatic N) is 4. The van der Waals surface area contributed by atoms with Crippen LogP contribution in [0.2, 0.25) is 0 Å². The van der Waals surface area contributed by atoms with Crippen LogP contribution < -0.4 is 10.9 Å². The maximum atomic E-state index is 13.1. The molecule has 172 valence electrons. The number of aromatic nitrogens is 3. The van der Waals surface area contributed by atoms with Gasteiger partial charge in [-0.1, -0.05) is 12.8 Å². The summed E-state index contributed by atoms with van der Waals surface area (Å²) in [5.74, 6) is 0.568. The summed E-state index contributed by atoms with van der Waals surface area (Å²) in [6.07, 6.45) is 9.63. The van der Waals surface area contributed by atoms with E-state index in [-0.39, 0.29) is 23.8 Å². The Balaban J connectivity index is 1.24. The minimum absolute atomic E-state index is 0.151. The summed E-state index contributed by atoms with van der Waals surface area (Å²) in [4.78, 5) is 32.5. The number of carbonyl (C=O) groups excluding carboxylic acids is 1. The molecule has 1 saturated heterocycles. The van der Waals surface area contributed by atoms with Gasteiger partial charge in [0, 0.05) is 18.9 Å². The number of nitrogens with one attached hydrogen (secondary N) is 1. The van der Waals surface area contributed by atoms with Crippen LogP contribution in [0.1, 0.15) is 48.4 Å². The number of fused-ring (bicyclic) bond motifs is 3. The molecular formula is C25H29N5O3. The van der Waals surface area contributed by atoms with Crippen LogP contribution in [0.25, 0.3) is 16.7 Å². The molecule has 1 aliphatic rings. The van der Waals surface area contributed by atoms with Crippen LogP contribution in [0.5, 0.6) is 0 Å². The van der Waals surface area contributed by atoms with Crippen molar-refractivity contribution in [3.05, 3.63) is 70.7 Å². The minimum atomic E-state index is -0.227. The molecule has 1 fully saturated rings. The van der Waals surface area contributed by atoms with Gasteiger partial charge in [-0.15, -0.1) is 0 Å². The van der Waals surface area contributed by atoms with Gasteiger partial charge in [-0.25, -0.2) is 4.98 Å². The standard InChI is InChI=1S/C25H29N5O3/c31-24(27-13-7-16-28-14-3-1-2-4-15-28)22-11-10-19(33-22)18-30-23-20(8-5-12-26-23)29-17-6-9-21(29)25(30)32/h5-6,8-12,17H,1-4,7,13-16,18H2,(H,27,31). The van der Waals surface area contributed by atoms with E-state index >= 15 is 0 Å². The van der Waals surface area contributed by atoms with Gasteiger partial charge in [0.15, 0.2) is 11.4 Å². The van der Waals surface area contributed by atoms with E-state index in [4.69, 9.17) is 4.42 Å². The number of amides is 1. The Bertz CT molecular complexity index is 1310. The molecule has 0 unspecified atom stereocenters. The van der Waals surface area contributed by atoms with Crippen molar-refractivity contribution in [1.29, 1.82) is 0 Å². The SMILES string of the molecule is O=C(NCCCN1CCCCCC1)c1ccc(Cn2c(=O)c3cccn3c3cccnc32)o1. The lowest BCUT2D eigenvalue weighted by Crippen LogP contribution is -2.30. The van der Waals surface area contributed by atoms with Crippen molar-refractivity contribution >= 4 is 22.6 Å². The zero-order valence-electron chi connectivity index (χ0n) is 18.7. The zero-order chi connectivity index (χ0) is 22.6. The fourth-order valence-electron chi connectivity index (χ4n) is 4.62. The van der Waals surface area contributed by atoms with Crippen molar-refractivity contribution in [1.82, 2.24) is 24.2 Å². The van der Waals surface area contributed by atoms with Crippen molar-refractivity contribution in [2.24, 2.45) is 0 Å². The van der Waals surface area contributed by atoms with Crippen molar-refractivity contribution in [2.45, 2.75) is 38.6 Å². The number of carbonyl (C=O) groups is 1. The second kappa shape index (κ2) is 9.62. The van der Waals surface area contributed by atoms with Crippen LogP contribution in [0.15, 0.2) is 58.0 Å². The molecule has 1 aliphatic heterocycles. The van der Waals surface area contributed by atoms with Gasteiger partial charge in [0.1, 0.15) is 11.3 Å². The second-order valence-corrected chi connectivity index (χ2v) is 8.63. The first-order valence-corrected chi connectivity index (χ1v) is 11.7. The monoisotopic (exact) mass is 447 g/mol. The molecule has 1 N–H and O–H groups in total. The summed E-state index contributed by atoms with van der Waals surface area (Å²) in [6, 6.07) is 10.8. The molecule has 8 heteroatoms. The van der Waals surface area contributed by atoms with E-state index in [1.807, 2.05) is 28.8 Å². The van der Waals surface area contributed by atoms with Crippen LogP contribution >= 0.6 is 0 Å².